The van der Waals surface area contributed by atoms with E-state index in [-0.39, 0.29) is 25.9 Å². The number of allylic oxidation sites excluding steroid dienone is 6. The van der Waals surface area contributed by atoms with Crippen LogP contribution in [0.1, 0.15) is 278 Å². The van der Waals surface area contributed by atoms with Gasteiger partial charge < -0.3 is 24.2 Å². The lowest BCUT2D eigenvalue weighted by Gasteiger charge is -2.21. The summed E-state index contributed by atoms with van der Waals surface area (Å²) in [4.78, 5) is 48.4. The first kappa shape index (κ1) is 67.7. The molecule has 0 aliphatic heterocycles. The molecule has 12 heteroatoms. The molecular weight excluding hydrogens is 904 g/mol. The largest absolute Gasteiger partial charge is 0.472 e. The number of carbonyl (C=O) groups excluding carboxylic acids is 3. The zero-order valence-corrected chi connectivity index (χ0v) is 46.1. The van der Waals surface area contributed by atoms with Crippen molar-refractivity contribution in [3.05, 3.63) is 36.5 Å². The first-order chi connectivity index (χ1) is 34.2. The van der Waals surface area contributed by atoms with Gasteiger partial charge in [0.2, 0.25) is 0 Å². The summed E-state index contributed by atoms with van der Waals surface area (Å²) in [5, 5.41) is 9.80. The predicted octanol–water partition coefficient (Wildman–Crippen LogP) is 16.8. The molecule has 3 atom stereocenters. The van der Waals surface area contributed by atoms with Crippen molar-refractivity contribution in [1.29, 1.82) is 0 Å². The SMILES string of the molecule is CCCCC/C=C\C/C=C\CCCCCCCC(=O)OC(CO)COP(=O)(O)OCC(COC(=O)CCCCCCCCCCC)OC(=O)CCCCCCCCCCC/C=C\CCCCCCCC. The van der Waals surface area contributed by atoms with E-state index in [1.807, 2.05) is 0 Å². The number of aliphatic hydroxyl groups excluding tert-OH is 1. The van der Waals surface area contributed by atoms with Crippen LogP contribution in [0.4, 0.5) is 0 Å². The van der Waals surface area contributed by atoms with Crippen LogP contribution in [0.3, 0.4) is 0 Å². The fourth-order valence-corrected chi connectivity index (χ4v) is 8.87. The molecule has 0 aromatic heterocycles. The Morgan fingerprint density at radius 3 is 1.10 bits per heavy atom. The topological polar surface area (TPSA) is 155 Å². The van der Waals surface area contributed by atoms with Crippen molar-refractivity contribution in [3.8, 4) is 0 Å². The average molecular weight is 1010 g/mol. The molecule has 0 bridgehead atoms. The number of carbonyl (C=O) groups is 3. The molecule has 11 nitrogen and oxygen atoms in total. The van der Waals surface area contributed by atoms with E-state index in [2.05, 4.69) is 57.2 Å². The molecule has 70 heavy (non-hydrogen) atoms. The third kappa shape index (κ3) is 50.6. The Labute approximate surface area is 429 Å². The summed E-state index contributed by atoms with van der Waals surface area (Å²) in [5.41, 5.74) is 0. The highest BCUT2D eigenvalue weighted by Gasteiger charge is 2.28. The molecule has 0 heterocycles. The van der Waals surface area contributed by atoms with Gasteiger partial charge >= 0.3 is 25.7 Å². The molecule has 0 rings (SSSR count). The lowest BCUT2D eigenvalue weighted by molar-refractivity contribution is -0.161. The quantitative estimate of drug-likeness (QED) is 0.0197. The summed E-state index contributed by atoms with van der Waals surface area (Å²) < 4.78 is 39.4. The molecule has 0 fully saturated rings. The predicted molar refractivity (Wildman–Crippen MR) is 289 cm³/mol. The van der Waals surface area contributed by atoms with E-state index in [0.29, 0.717) is 19.3 Å². The summed E-state index contributed by atoms with van der Waals surface area (Å²) in [6.45, 7) is 4.60. The van der Waals surface area contributed by atoms with Gasteiger partial charge in [-0.15, -0.1) is 0 Å². The molecule has 0 amide bonds. The summed E-state index contributed by atoms with van der Waals surface area (Å²) in [6, 6.07) is 0. The maximum Gasteiger partial charge on any atom is 0.472 e. The van der Waals surface area contributed by atoms with Gasteiger partial charge in [-0.3, -0.25) is 23.4 Å². The molecule has 0 saturated carbocycles. The van der Waals surface area contributed by atoms with Crippen molar-refractivity contribution < 1.29 is 52.2 Å². The highest BCUT2D eigenvalue weighted by Crippen LogP contribution is 2.43. The standard InChI is InChI=1S/C58H107O11P/c1-4-7-10-13-16-19-21-23-25-26-27-28-30-32-34-37-40-43-46-49-58(62)69-55(51-65-56(60)47-44-41-38-35-18-15-12-9-6-3)53-67-70(63,64)66-52-54(50-59)68-57(61)48-45-42-39-36-33-31-29-24-22-20-17-14-11-8-5-2/h17,20,23-25,29,54-55,59H,4-16,18-19,21-22,26-28,30-53H2,1-3H3,(H,63,64)/b20-17-,25-23-,29-24-. The minimum absolute atomic E-state index is 0.164. The lowest BCUT2D eigenvalue weighted by atomic mass is 10.1. The molecule has 0 aliphatic rings. The van der Waals surface area contributed by atoms with Gasteiger partial charge in [-0.25, -0.2) is 4.57 Å². The van der Waals surface area contributed by atoms with Crippen molar-refractivity contribution >= 4 is 25.7 Å². The van der Waals surface area contributed by atoms with E-state index in [9.17, 15) is 28.9 Å². The van der Waals surface area contributed by atoms with E-state index in [1.54, 1.807) is 0 Å². The molecule has 410 valence electrons. The molecule has 0 spiro atoms. The van der Waals surface area contributed by atoms with Gasteiger partial charge in [-0.1, -0.05) is 218 Å². The zero-order chi connectivity index (χ0) is 51.3. The number of unbranched alkanes of at least 4 members (excludes halogenated alkanes) is 31. The number of hydrogen-bond acceptors (Lipinski definition) is 10. The Hall–Kier alpha value is -2.30. The Kier molecular flexibility index (Phi) is 51.3. The Morgan fingerprint density at radius 2 is 0.700 bits per heavy atom. The minimum Gasteiger partial charge on any atom is -0.462 e. The van der Waals surface area contributed by atoms with E-state index >= 15 is 0 Å². The van der Waals surface area contributed by atoms with Crippen molar-refractivity contribution in [2.75, 3.05) is 26.4 Å². The van der Waals surface area contributed by atoms with Crippen LogP contribution in [-0.4, -0.2) is 66.5 Å². The maximum atomic E-state index is 12.9. The first-order valence-electron chi connectivity index (χ1n) is 28.9. The number of phosphoric acid groups is 1. The molecule has 2 N–H and O–H groups in total. The van der Waals surface area contributed by atoms with Gasteiger partial charge in [0.1, 0.15) is 12.7 Å². The smallest absolute Gasteiger partial charge is 0.462 e. The van der Waals surface area contributed by atoms with Crippen LogP contribution in [0.25, 0.3) is 0 Å². The van der Waals surface area contributed by atoms with Crippen molar-refractivity contribution in [3.63, 3.8) is 0 Å². The highest BCUT2D eigenvalue weighted by atomic mass is 31.2. The van der Waals surface area contributed by atoms with Gasteiger partial charge in [0.15, 0.2) is 6.10 Å². The van der Waals surface area contributed by atoms with Crippen molar-refractivity contribution in [2.24, 2.45) is 0 Å². The average Bonchev–Trinajstić information content (AvgIpc) is 3.35. The molecule has 0 saturated heterocycles. The minimum atomic E-state index is -4.74. The molecule has 3 unspecified atom stereocenters. The van der Waals surface area contributed by atoms with Crippen LogP contribution in [0.5, 0.6) is 0 Å². The zero-order valence-electron chi connectivity index (χ0n) is 45.2. The second-order valence-electron chi connectivity index (χ2n) is 19.5. The van der Waals surface area contributed by atoms with Crippen LogP contribution in [-0.2, 0) is 42.2 Å². The van der Waals surface area contributed by atoms with Gasteiger partial charge in [0.05, 0.1) is 19.8 Å². The normalized spacial score (nSPS) is 13.6. The number of phosphoric ester groups is 1. The fraction of sp³-hybridized carbons (Fsp3) is 0.845. The summed E-state index contributed by atoms with van der Waals surface area (Å²) in [6.07, 6.45) is 53.9. The third-order valence-corrected chi connectivity index (χ3v) is 13.5. The molecular formula is C58H107O11P. The van der Waals surface area contributed by atoms with Crippen molar-refractivity contribution in [2.45, 2.75) is 290 Å². The Morgan fingerprint density at radius 1 is 0.400 bits per heavy atom. The molecule has 0 aliphatic carbocycles. The number of ether oxygens (including phenoxy) is 3. The summed E-state index contributed by atoms with van der Waals surface area (Å²) >= 11 is 0. The Bertz CT molecular complexity index is 1320. The Balaban J connectivity index is 4.62. The molecule has 0 aromatic rings. The first-order valence-corrected chi connectivity index (χ1v) is 30.4. The molecule has 0 radical (unpaired) electrons. The van der Waals surface area contributed by atoms with Crippen LogP contribution in [0.2, 0.25) is 0 Å². The van der Waals surface area contributed by atoms with Gasteiger partial charge in [-0.2, -0.15) is 0 Å². The van der Waals surface area contributed by atoms with E-state index in [0.717, 1.165) is 83.5 Å². The highest BCUT2D eigenvalue weighted by molar-refractivity contribution is 7.47. The second kappa shape index (κ2) is 53.0. The third-order valence-electron chi connectivity index (χ3n) is 12.5. The van der Waals surface area contributed by atoms with E-state index in [4.69, 9.17) is 23.3 Å². The monoisotopic (exact) mass is 1010 g/mol. The van der Waals surface area contributed by atoms with E-state index < -0.39 is 57.8 Å². The van der Waals surface area contributed by atoms with Gasteiger partial charge in [-0.05, 0) is 77.0 Å². The number of esters is 3. The van der Waals surface area contributed by atoms with E-state index in [1.165, 1.54) is 135 Å². The molecule has 0 aromatic carbocycles. The second-order valence-corrected chi connectivity index (χ2v) is 20.9. The van der Waals surface area contributed by atoms with Crippen LogP contribution in [0, 0.1) is 0 Å². The van der Waals surface area contributed by atoms with Gasteiger partial charge in [0, 0.05) is 19.3 Å². The van der Waals surface area contributed by atoms with Crippen LogP contribution in [0.15, 0.2) is 36.5 Å². The summed E-state index contributed by atoms with van der Waals surface area (Å²) in [5.74, 6) is -1.47. The number of aliphatic hydroxyl groups is 1. The van der Waals surface area contributed by atoms with Gasteiger partial charge in [0.25, 0.3) is 0 Å². The maximum absolute atomic E-state index is 12.9. The van der Waals surface area contributed by atoms with Crippen LogP contribution >= 0.6 is 7.82 Å². The number of hydrogen-bond donors (Lipinski definition) is 2. The summed E-state index contributed by atoms with van der Waals surface area (Å²) in [7, 11) is -4.74. The number of rotatable bonds is 54. The van der Waals surface area contributed by atoms with Crippen molar-refractivity contribution in [1.82, 2.24) is 0 Å². The fourth-order valence-electron chi connectivity index (χ4n) is 8.09. The van der Waals surface area contributed by atoms with Crippen LogP contribution < -0.4 is 0 Å². The lowest BCUT2D eigenvalue weighted by Crippen LogP contribution is -2.30.